The smallest absolute Gasteiger partial charge is 0.253 e. The van der Waals surface area contributed by atoms with E-state index in [1.165, 1.54) is 0 Å². The van der Waals surface area contributed by atoms with Gasteiger partial charge in [-0.1, -0.05) is 0 Å². The summed E-state index contributed by atoms with van der Waals surface area (Å²) >= 11 is 0. The Bertz CT molecular complexity index is 372. The SMILES string of the molecule is CN(Cc1ccncc1)C(=O)C1CNCCO1.Cl.Cl. The zero-order chi connectivity index (χ0) is 12.1. The van der Waals surface area contributed by atoms with Crippen LogP contribution in [-0.2, 0) is 16.1 Å². The summed E-state index contributed by atoms with van der Waals surface area (Å²) in [6, 6.07) is 3.81. The van der Waals surface area contributed by atoms with Gasteiger partial charge < -0.3 is 15.0 Å². The molecular formula is C12H19Cl2N3O2. The Morgan fingerprint density at radius 2 is 2.16 bits per heavy atom. The molecule has 1 unspecified atom stereocenters. The molecule has 1 saturated heterocycles. The Labute approximate surface area is 125 Å². The summed E-state index contributed by atoms with van der Waals surface area (Å²) in [5.41, 5.74) is 1.07. The third-order valence-electron chi connectivity index (χ3n) is 2.75. The third kappa shape index (κ3) is 5.32. The van der Waals surface area contributed by atoms with Crippen LogP contribution in [0.3, 0.4) is 0 Å². The lowest BCUT2D eigenvalue weighted by Gasteiger charge is -2.27. The molecule has 1 aliphatic heterocycles. The minimum absolute atomic E-state index is 0. The Morgan fingerprint density at radius 3 is 2.74 bits per heavy atom. The molecule has 19 heavy (non-hydrogen) atoms. The molecule has 0 aromatic carbocycles. The van der Waals surface area contributed by atoms with Crippen molar-refractivity contribution in [2.75, 3.05) is 26.7 Å². The molecule has 1 amide bonds. The topological polar surface area (TPSA) is 54.5 Å². The summed E-state index contributed by atoms with van der Waals surface area (Å²) in [4.78, 5) is 17.7. The molecule has 7 heteroatoms. The van der Waals surface area contributed by atoms with Gasteiger partial charge in [-0.15, -0.1) is 24.8 Å². The van der Waals surface area contributed by atoms with Crippen LogP contribution in [0.15, 0.2) is 24.5 Å². The molecule has 1 N–H and O–H groups in total. The molecule has 0 saturated carbocycles. The minimum atomic E-state index is -0.351. The third-order valence-corrected chi connectivity index (χ3v) is 2.75. The summed E-state index contributed by atoms with van der Waals surface area (Å²) in [6.07, 6.45) is 3.11. The van der Waals surface area contributed by atoms with Gasteiger partial charge in [0, 0.05) is 39.1 Å². The number of nitrogens with one attached hydrogen (secondary N) is 1. The van der Waals surface area contributed by atoms with Gasteiger partial charge in [0.25, 0.3) is 5.91 Å². The Kier molecular flexibility index (Phi) is 8.67. The summed E-state index contributed by atoms with van der Waals surface area (Å²) in [5, 5.41) is 3.15. The van der Waals surface area contributed by atoms with E-state index in [1.807, 2.05) is 12.1 Å². The summed E-state index contributed by atoms with van der Waals surface area (Å²) in [6.45, 7) is 2.60. The van der Waals surface area contributed by atoms with E-state index >= 15 is 0 Å². The van der Waals surface area contributed by atoms with Crippen molar-refractivity contribution in [2.45, 2.75) is 12.6 Å². The summed E-state index contributed by atoms with van der Waals surface area (Å²) < 4.78 is 5.43. The quantitative estimate of drug-likeness (QED) is 0.900. The molecule has 2 rings (SSSR count). The molecule has 1 aromatic rings. The number of carbonyl (C=O) groups excluding carboxylic acids is 1. The van der Waals surface area contributed by atoms with Crippen LogP contribution in [0.25, 0.3) is 0 Å². The van der Waals surface area contributed by atoms with Gasteiger partial charge in [-0.2, -0.15) is 0 Å². The molecule has 1 aromatic heterocycles. The van der Waals surface area contributed by atoms with E-state index in [9.17, 15) is 4.79 Å². The average Bonchev–Trinajstić information content (AvgIpc) is 2.40. The van der Waals surface area contributed by atoms with E-state index in [1.54, 1.807) is 24.3 Å². The number of nitrogens with zero attached hydrogens (tertiary/aromatic N) is 2. The number of carbonyl (C=O) groups is 1. The summed E-state index contributed by atoms with van der Waals surface area (Å²) in [7, 11) is 1.79. The van der Waals surface area contributed by atoms with Crippen molar-refractivity contribution < 1.29 is 9.53 Å². The number of rotatable bonds is 3. The van der Waals surface area contributed by atoms with Crippen LogP contribution in [0, 0.1) is 0 Å². The lowest BCUT2D eigenvalue weighted by Crippen LogP contribution is -2.48. The van der Waals surface area contributed by atoms with Crippen LogP contribution in [0.2, 0.25) is 0 Å². The van der Waals surface area contributed by atoms with E-state index in [-0.39, 0.29) is 36.8 Å². The first-order valence-corrected chi connectivity index (χ1v) is 5.73. The van der Waals surface area contributed by atoms with Gasteiger partial charge in [0.05, 0.1) is 6.61 Å². The number of ether oxygens (including phenoxy) is 1. The second-order valence-electron chi connectivity index (χ2n) is 4.11. The molecule has 1 atom stereocenters. The molecule has 108 valence electrons. The van der Waals surface area contributed by atoms with E-state index in [4.69, 9.17) is 4.74 Å². The molecular weight excluding hydrogens is 289 g/mol. The maximum atomic E-state index is 12.0. The van der Waals surface area contributed by atoms with E-state index in [0.717, 1.165) is 12.1 Å². The van der Waals surface area contributed by atoms with Crippen LogP contribution in [-0.4, -0.2) is 48.6 Å². The van der Waals surface area contributed by atoms with Gasteiger partial charge in [0.1, 0.15) is 6.10 Å². The minimum Gasteiger partial charge on any atom is -0.366 e. The van der Waals surface area contributed by atoms with Crippen molar-refractivity contribution in [2.24, 2.45) is 0 Å². The lowest BCUT2D eigenvalue weighted by atomic mass is 10.2. The Balaban J connectivity index is 0.00000162. The fraction of sp³-hybridized carbons (Fsp3) is 0.500. The van der Waals surface area contributed by atoms with Gasteiger partial charge in [0.15, 0.2) is 0 Å². The van der Waals surface area contributed by atoms with Crippen molar-refractivity contribution >= 4 is 30.7 Å². The zero-order valence-corrected chi connectivity index (χ0v) is 12.4. The molecule has 0 spiro atoms. The van der Waals surface area contributed by atoms with Crippen LogP contribution >= 0.6 is 24.8 Å². The number of hydrogen-bond acceptors (Lipinski definition) is 4. The van der Waals surface area contributed by atoms with Crippen LogP contribution in [0.1, 0.15) is 5.56 Å². The van der Waals surface area contributed by atoms with Crippen molar-refractivity contribution in [3.05, 3.63) is 30.1 Å². The molecule has 2 heterocycles. The van der Waals surface area contributed by atoms with Gasteiger partial charge in [0.2, 0.25) is 0 Å². The molecule has 0 aliphatic carbocycles. The van der Waals surface area contributed by atoms with Gasteiger partial charge in [-0.25, -0.2) is 0 Å². The first-order valence-electron chi connectivity index (χ1n) is 5.73. The lowest BCUT2D eigenvalue weighted by molar-refractivity contribution is -0.144. The van der Waals surface area contributed by atoms with E-state index < -0.39 is 0 Å². The number of aromatic nitrogens is 1. The van der Waals surface area contributed by atoms with Crippen molar-refractivity contribution in [1.82, 2.24) is 15.2 Å². The normalized spacial score (nSPS) is 17.8. The highest BCUT2D eigenvalue weighted by Gasteiger charge is 2.24. The zero-order valence-electron chi connectivity index (χ0n) is 10.7. The molecule has 0 bridgehead atoms. The maximum Gasteiger partial charge on any atom is 0.253 e. The molecule has 1 aliphatic rings. The number of amides is 1. The Hall–Kier alpha value is -0.880. The van der Waals surface area contributed by atoms with Crippen LogP contribution < -0.4 is 5.32 Å². The molecule has 0 radical (unpaired) electrons. The predicted octanol–water partition coefficient (Wildman–Crippen LogP) is 0.872. The van der Waals surface area contributed by atoms with E-state index in [2.05, 4.69) is 10.3 Å². The highest BCUT2D eigenvalue weighted by molar-refractivity contribution is 5.85. The first-order chi connectivity index (χ1) is 8.27. The van der Waals surface area contributed by atoms with Gasteiger partial charge in [-0.05, 0) is 17.7 Å². The monoisotopic (exact) mass is 307 g/mol. The second-order valence-corrected chi connectivity index (χ2v) is 4.11. The number of morpholine rings is 1. The van der Waals surface area contributed by atoms with Crippen molar-refractivity contribution in [3.8, 4) is 0 Å². The van der Waals surface area contributed by atoms with Crippen LogP contribution in [0.5, 0.6) is 0 Å². The van der Waals surface area contributed by atoms with Gasteiger partial charge in [-0.3, -0.25) is 9.78 Å². The molecule has 1 fully saturated rings. The Morgan fingerprint density at radius 1 is 1.47 bits per heavy atom. The largest absolute Gasteiger partial charge is 0.366 e. The highest BCUT2D eigenvalue weighted by Crippen LogP contribution is 2.06. The van der Waals surface area contributed by atoms with Crippen molar-refractivity contribution in [3.63, 3.8) is 0 Å². The van der Waals surface area contributed by atoms with Crippen LogP contribution in [0.4, 0.5) is 0 Å². The fourth-order valence-corrected chi connectivity index (χ4v) is 1.81. The second kappa shape index (κ2) is 9.09. The summed E-state index contributed by atoms with van der Waals surface area (Å²) in [5.74, 6) is 0.0222. The predicted molar refractivity (Wildman–Crippen MR) is 77.8 cm³/mol. The number of hydrogen-bond donors (Lipinski definition) is 1. The first kappa shape index (κ1) is 18.1. The highest BCUT2D eigenvalue weighted by atomic mass is 35.5. The maximum absolute atomic E-state index is 12.0. The standard InChI is InChI=1S/C12H17N3O2.2ClH/c1-15(9-10-2-4-13-5-3-10)12(16)11-8-14-6-7-17-11;;/h2-5,11,14H,6-9H2,1H3;2*1H. The number of halogens is 2. The number of pyridine rings is 1. The molecule has 5 nitrogen and oxygen atoms in total. The number of likely N-dealkylation sites (N-methyl/N-ethyl adjacent to an activating group) is 1. The van der Waals surface area contributed by atoms with Gasteiger partial charge >= 0.3 is 0 Å². The fourth-order valence-electron chi connectivity index (χ4n) is 1.81. The van der Waals surface area contributed by atoms with E-state index in [0.29, 0.717) is 19.7 Å². The average molecular weight is 308 g/mol. The van der Waals surface area contributed by atoms with Crippen molar-refractivity contribution in [1.29, 1.82) is 0 Å².